The monoisotopic (exact) mass is 345 g/mol. The van der Waals surface area contributed by atoms with Crippen LogP contribution in [0.25, 0.3) is 0 Å². The second-order valence-corrected chi connectivity index (χ2v) is 7.66. The zero-order valence-electron chi connectivity index (χ0n) is 11.7. The molecule has 1 aliphatic heterocycles. The molecule has 1 N–H and O–H groups in total. The van der Waals surface area contributed by atoms with Crippen LogP contribution >= 0.6 is 27.5 Å². The largest absolute Gasteiger partial charge is 0.368 e. The Morgan fingerprint density at radius 1 is 1.37 bits per heavy atom. The van der Waals surface area contributed by atoms with Crippen LogP contribution in [0.5, 0.6) is 0 Å². The van der Waals surface area contributed by atoms with Gasteiger partial charge < -0.3 is 10.1 Å². The zero-order chi connectivity index (χ0) is 14.0. The van der Waals surface area contributed by atoms with Crippen molar-refractivity contribution in [3.8, 4) is 0 Å². The highest BCUT2D eigenvalue weighted by Gasteiger charge is 2.28. The van der Waals surface area contributed by atoms with E-state index in [0.29, 0.717) is 0 Å². The summed E-state index contributed by atoms with van der Waals surface area (Å²) in [6.45, 7) is 8.47. The Balaban J connectivity index is 2.08. The van der Waals surface area contributed by atoms with Crippen molar-refractivity contribution < 1.29 is 4.74 Å². The molecule has 0 amide bonds. The summed E-state index contributed by atoms with van der Waals surface area (Å²) in [7, 11) is 0. The minimum atomic E-state index is 0.0432. The molecule has 1 heterocycles. The zero-order valence-corrected chi connectivity index (χ0v) is 14.0. The third kappa shape index (κ3) is 4.45. The molecule has 19 heavy (non-hydrogen) atoms. The van der Waals surface area contributed by atoms with Gasteiger partial charge in [0.15, 0.2) is 0 Å². The number of halogens is 2. The van der Waals surface area contributed by atoms with Gasteiger partial charge in [-0.05, 0) is 24.0 Å². The van der Waals surface area contributed by atoms with E-state index in [1.165, 1.54) is 0 Å². The smallest absolute Gasteiger partial charge is 0.0968 e. The van der Waals surface area contributed by atoms with E-state index in [1.54, 1.807) is 0 Å². The number of benzene rings is 1. The first-order valence-electron chi connectivity index (χ1n) is 6.66. The Morgan fingerprint density at radius 2 is 2.11 bits per heavy atom. The van der Waals surface area contributed by atoms with Crippen molar-refractivity contribution in [2.24, 2.45) is 5.41 Å². The van der Waals surface area contributed by atoms with Crippen LogP contribution in [0, 0.1) is 5.41 Å². The van der Waals surface area contributed by atoms with Crippen molar-refractivity contribution in [2.45, 2.75) is 39.4 Å². The van der Waals surface area contributed by atoms with Crippen molar-refractivity contribution in [3.63, 3.8) is 0 Å². The Labute approximate surface area is 129 Å². The van der Waals surface area contributed by atoms with Crippen LogP contribution in [-0.4, -0.2) is 19.2 Å². The molecule has 0 aromatic heterocycles. The second-order valence-electron chi connectivity index (χ2n) is 6.34. The summed E-state index contributed by atoms with van der Waals surface area (Å²) in [5.74, 6) is 0. The lowest BCUT2D eigenvalue weighted by Gasteiger charge is -2.35. The summed E-state index contributed by atoms with van der Waals surface area (Å²) in [5.41, 5.74) is 1.34. The predicted octanol–water partition coefficient (Wildman–Crippen LogP) is 4.57. The summed E-state index contributed by atoms with van der Waals surface area (Å²) in [6.07, 6.45) is 1.34. The van der Waals surface area contributed by atoms with E-state index in [-0.39, 0.29) is 17.6 Å². The lowest BCUT2D eigenvalue weighted by molar-refractivity contribution is -0.0552. The number of rotatable bonds is 2. The standard InChI is InChI=1S/C15H21BrClNO/c1-15(2,3)7-11-8-18-9-14(19-11)12-5-4-10(16)6-13(12)17/h4-6,11,14,18H,7-9H2,1-3H3. The van der Waals surface area contributed by atoms with Crippen molar-refractivity contribution in [3.05, 3.63) is 33.3 Å². The molecular formula is C15H21BrClNO. The molecule has 1 saturated heterocycles. The SMILES string of the molecule is CC(C)(C)CC1CNCC(c2ccc(Br)cc2Cl)O1. The predicted molar refractivity (Wildman–Crippen MR) is 83.7 cm³/mol. The quantitative estimate of drug-likeness (QED) is 0.847. The number of ether oxygens (including phenoxy) is 1. The highest BCUT2D eigenvalue weighted by atomic mass is 79.9. The summed E-state index contributed by atoms with van der Waals surface area (Å²) in [6, 6.07) is 5.98. The van der Waals surface area contributed by atoms with E-state index in [1.807, 2.05) is 18.2 Å². The summed E-state index contributed by atoms with van der Waals surface area (Å²) >= 11 is 9.74. The van der Waals surface area contributed by atoms with E-state index in [4.69, 9.17) is 16.3 Å². The maximum Gasteiger partial charge on any atom is 0.0968 e. The van der Waals surface area contributed by atoms with Gasteiger partial charge in [0.25, 0.3) is 0 Å². The van der Waals surface area contributed by atoms with E-state index >= 15 is 0 Å². The molecule has 0 aliphatic carbocycles. The lowest BCUT2D eigenvalue weighted by Crippen LogP contribution is -2.42. The molecule has 1 aromatic rings. The third-order valence-electron chi connectivity index (χ3n) is 3.21. The molecule has 4 heteroatoms. The fourth-order valence-corrected chi connectivity index (χ4v) is 3.25. The molecule has 2 unspecified atom stereocenters. The molecule has 2 nitrogen and oxygen atoms in total. The van der Waals surface area contributed by atoms with E-state index < -0.39 is 0 Å². The topological polar surface area (TPSA) is 21.3 Å². The molecule has 0 saturated carbocycles. The Hall–Kier alpha value is -0.0900. The molecule has 0 spiro atoms. The first-order chi connectivity index (χ1) is 8.85. The molecule has 2 atom stereocenters. The molecule has 0 radical (unpaired) electrons. The number of hydrogen-bond acceptors (Lipinski definition) is 2. The Bertz CT molecular complexity index is 444. The van der Waals surface area contributed by atoms with Crippen molar-refractivity contribution >= 4 is 27.5 Å². The fraction of sp³-hybridized carbons (Fsp3) is 0.600. The molecule has 0 bridgehead atoms. The van der Waals surface area contributed by atoms with Gasteiger partial charge in [-0.3, -0.25) is 0 Å². The van der Waals surface area contributed by atoms with Gasteiger partial charge in [-0.25, -0.2) is 0 Å². The van der Waals surface area contributed by atoms with Crippen LogP contribution in [-0.2, 0) is 4.74 Å². The van der Waals surface area contributed by atoms with Crippen LogP contribution < -0.4 is 5.32 Å². The lowest BCUT2D eigenvalue weighted by atomic mass is 9.88. The Morgan fingerprint density at radius 3 is 2.74 bits per heavy atom. The molecule has 1 aliphatic rings. The van der Waals surface area contributed by atoms with Gasteiger partial charge in [0, 0.05) is 28.1 Å². The van der Waals surface area contributed by atoms with E-state index in [0.717, 1.165) is 34.6 Å². The highest BCUT2D eigenvalue weighted by Crippen LogP contribution is 2.32. The number of nitrogens with one attached hydrogen (secondary N) is 1. The van der Waals surface area contributed by atoms with Gasteiger partial charge in [-0.15, -0.1) is 0 Å². The van der Waals surface area contributed by atoms with Crippen LogP contribution in [0.15, 0.2) is 22.7 Å². The van der Waals surface area contributed by atoms with Crippen LogP contribution in [0.4, 0.5) is 0 Å². The minimum Gasteiger partial charge on any atom is -0.368 e. The summed E-state index contributed by atoms with van der Waals surface area (Å²) < 4.78 is 7.20. The molecule has 1 fully saturated rings. The van der Waals surface area contributed by atoms with E-state index in [9.17, 15) is 0 Å². The molecule has 1 aromatic carbocycles. The molecular weight excluding hydrogens is 326 g/mol. The maximum atomic E-state index is 6.31. The highest BCUT2D eigenvalue weighted by molar-refractivity contribution is 9.10. The first-order valence-corrected chi connectivity index (χ1v) is 7.83. The normalized spacial score (nSPS) is 24.5. The average molecular weight is 347 g/mol. The second kappa shape index (κ2) is 6.13. The summed E-state index contributed by atoms with van der Waals surface area (Å²) in [4.78, 5) is 0. The maximum absolute atomic E-state index is 6.31. The van der Waals surface area contributed by atoms with Crippen LogP contribution in [0.1, 0.15) is 38.9 Å². The van der Waals surface area contributed by atoms with Crippen LogP contribution in [0.2, 0.25) is 5.02 Å². The summed E-state index contributed by atoms with van der Waals surface area (Å²) in [5, 5.41) is 4.21. The van der Waals surface area contributed by atoms with Gasteiger partial charge in [0.05, 0.1) is 12.2 Å². The third-order valence-corrected chi connectivity index (χ3v) is 4.03. The average Bonchev–Trinajstić information content (AvgIpc) is 2.26. The molecule has 2 rings (SSSR count). The first kappa shape index (κ1) is 15.3. The fourth-order valence-electron chi connectivity index (χ4n) is 2.45. The van der Waals surface area contributed by atoms with Crippen molar-refractivity contribution in [2.75, 3.05) is 13.1 Å². The van der Waals surface area contributed by atoms with Crippen molar-refractivity contribution in [1.82, 2.24) is 5.32 Å². The minimum absolute atomic E-state index is 0.0432. The number of morpholine rings is 1. The van der Waals surface area contributed by atoms with Gasteiger partial charge in [-0.1, -0.05) is 54.4 Å². The Kier molecular flexibility index (Phi) is 4.93. The van der Waals surface area contributed by atoms with Gasteiger partial charge >= 0.3 is 0 Å². The van der Waals surface area contributed by atoms with E-state index in [2.05, 4.69) is 42.0 Å². The molecule has 106 valence electrons. The van der Waals surface area contributed by atoms with Gasteiger partial charge in [0.1, 0.15) is 0 Å². The van der Waals surface area contributed by atoms with Crippen molar-refractivity contribution in [1.29, 1.82) is 0 Å². The van der Waals surface area contributed by atoms with Gasteiger partial charge in [-0.2, -0.15) is 0 Å². The number of hydrogen-bond donors (Lipinski definition) is 1. The van der Waals surface area contributed by atoms with Crippen LogP contribution in [0.3, 0.4) is 0 Å². The van der Waals surface area contributed by atoms with Gasteiger partial charge in [0.2, 0.25) is 0 Å².